The normalized spacial score (nSPS) is 10.8. The summed E-state index contributed by atoms with van der Waals surface area (Å²) in [7, 11) is 1.81. The van der Waals surface area contributed by atoms with Crippen LogP contribution in [0.4, 0.5) is 0 Å². The molecule has 0 saturated carbocycles. The highest BCUT2D eigenvalue weighted by Gasteiger charge is 2.13. The Morgan fingerprint density at radius 3 is 2.67 bits per heavy atom. The van der Waals surface area contributed by atoms with Crippen molar-refractivity contribution in [2.24, 2.45) is 7.05 Å². The molecular formula is C14H18N4O3. The van der Waals surface area contributed by atoms with Gasteiger partial charge in [0.1, 0.15) is 0 Å². The zero-order chi connectivity index (χ0) is 15.6. The summed E-state index contributed by atoms with van der Waals surface area (Å²) in [4.78, 5) is 26.8. The van der Waals surface area contributed by atoms with E-state index in [0.717, 1.165) is 17.0 Å². The average Bonchev–Trinajstić information content (AvgIpc) is 2.79. The summed E-state index contributed by atoms with van der Waals surface area (Å²) in [6, 6.07) is 1.84. The molecular weight excluding hydrogens is 272 g/mol. The molecule has 0 fully saturated rings. The van der Waals surface area contributed by atoms with E-state index in [1.807, 2.05) is 20.0 Å². The molecule has 112 valence electrons. The fraction of sp³-hybridized carbons (Fsp3) is 0.429. The summed E-state index contributed by atoms with van der Waals surface area (Å²) < 4.78 is 3.25. The van der Waals surface area contributed by atoms with Crippen molar-refractivity contribution in [1.82, 2.24) is 19.3 Å². The second-order valence-electron chi connectivity index (χ2n) is 4.97. The topological polar surface area (TPSA) is 90.0 Å². The second kappa shape index (κ2) is 5.90. The Bertz CT molecular complexity index is 730. The van der Waals surface area contributed by atoms with Gasteiger partial charge in [-0.05, 0) is 31.9 Å². The van der Waals surface area contributed by atoms with Crippen molar-refractivity contribution < 1.29 is 9.90 Å². The molecule has 0 aliphatic heterocycles. The van der Waals surface area contributed by atoms with Gasteiger partial charge < -0.3 is 5.11 Å². The van der Waals surface area contributed by atoms with Gasteiger partial charge in [0.2, 0.25) is 0 Å². The zero-order valence-corrected chi connectivity index (χ0v) is 12.3. The highest BCUT2D eigenvalue weighted by Crippen LogP contribution is 2.13. The van der Waals surface area contributed by atoms with E-state index >= 15 is 0 Å². The van der Waals surface area contributed by atoms with E-state index in [-0.39, 0.29) is 12.1 Å². The Kier molecular flexibility index (Phi) is 4.21. The third-order valence-corrected chi connectivity index (χ3v) is 3.60. The van der Waals surface area contributed by atoms with Gasteiger partial charge in [0.05, 0.1) is 12.2 Å². The van der Waals surface area contributed by atoms with Crippen LogP contribution < -0.4 is 5.69 Å². The fourth-order valence-electron chi connectivity index (χ4n) is 2.34. The molecule has 0 aliphatic rings. The molecule has 0 atom stereocenters. The standard InChI is InChI=1S/C14H18N4O3/c1-9-12(4-5-13(19)20)10(2)18(14(21)16-9)8-11-6-7-15-17(11)3/h6-7H,4-5,8H2,1-3H3,(H,19,20). The number of nitrogens with zero attached hydrogens (tertiary/aromatic N) is 4. The molecule has 2 heterocycles. The molecule has 0 amide bonds. The molecule has 2 aromatic rings. The molecule has 2 aromatic heterocycles. The molecule has 0 aliphatic carbocycles. The lowest BCUT2D eigenvalue weighted by Gasteiger charge is -2.15. The quantitative estimate of drug-likeness (QED) is 0.873. The first-order valence-corrected chi connectivity index (χ1v) is 6.65. The number of carboxylic acids is 1. The summed E-state index contributed by atoms with van der Waals surface area (Å²) in [6.45, 7) is 3.93. The number of rotatable bonds is 5. The third-order valence-electron chi connectivity index (χ3n) is 3.60. The minimum Gasteiger partial charge on any atom is -0.481 e. The summed E-state index contributed by atoms with van der Waals surface area (Å²) in [6.07, 6.45) is 2.06. The Labute approximate surface area is 121 Å². The van der Waals surface area contributed by atoms with Gasteiger partial charge in [0.25, 0.3) is 0 Å². The number of aryl methyl sites for hydroxylation is 2. The van der Waals surface area contributed by atoms with Gasteiger partial charge in [-0.15, -0.1) is 0 Å². The van der Waals surface area contributed by atoms with Crippen molar-refractivity contribution in [3.05, 3.63) is 45.4 Å². The molecule has 7 heteroatoms. The predicted octanol–water partition coefficient (Wildman–Crippen LogP) is 0.659. The van der Waals surface area contributed by atoms with Gasteiger partial charge in [-0.1, -0.05) is 0 Å². The number of hydrogen-bond donors (Lipinski definition) is 1. The van der Waals surface area contributed by atoms with E-state index in [0.29, 0.717) is 18.7 Å². The first-order valence-electron chi connectivity index (χ1n) is 6.65. The molecule has 0 aromatic carbocycles. The molecule has 7 nitrogen and oxygen atoms in total. The summed E-state index contributed by atoms with van der Waals surface area (Å²) in [5, 5.41) is 12.9. The van der Waals surface area contributed by atoms with Gasteiger partial charge in [0, 0.05) is 31.1 Å². The number of carbonyl (C=O) groups is 1. The van der Waals surface area contributed by atoms with E-state index in [1.54, 1.807) is 22.4 Å². The van der Waals surface area contributed by atoms with Crippen molar-refractivity contribution >= 4 is 5.97 Å². The molecule has 2 rings (SSSR count). The molecule has 0 bridgehead atoms. The van der Waals surface area contributed by atoms with Crippen LogP contribution in [0.25, 0.3) is 0 Å². The van der Waals surface area contributed by atoms with Gasteiger partial charge in [-0.25, -0.2) is 4.79 Å². The van der Waals surface area contributed by atoms with E-state index in [4.69, 9.17) is 5.11 Å². The lowest BCUT2D eigenvalue weighted by molar-refractivity contribution is -0.136. The van der Waals surface area contributed by atoms with Crippen molar-refractivity contribution in [2.75, 3.05) is 0 Å². The Morgan fingerprint density at radius 1 is 1.38 bits per heavy atom. The van der Waals surface area contributed by atoms with Gasteiger partial charge in [-0.3, -0.25) is 14.0 Å². The number of carboxylic acid groups (broad SMARTS) is 1. The van der Waals surface area contributed by atoms with Crippen molar-refractivity contribution in [2.45, 2.75) is 33.2 Å². The van der Waals surface area contributed by atoms with E-state index in [2.05, 4.69) is 10.1 Å². The van der Waals surface area contributed by atoms with Crippen LogP contribution in [0.3, 0.4) is 0 Å². The lowest BCUT2D eigenvalue weighted by Crippen LogP contribution is -2.29. The smallest absolute Gasteiger partial charge is 0.348 e. The monoisotopic (exact) mass is 290 g/mol. The first-order chi connectivity index (χ1) is 9.90. The van der Waals surface area contributed by atoms with Gasteiger partial charge in [-0.2, -0.15) is 10.1 Å². The van der Waals surface area contributed by atoms with Crippen LogP contribution in [0, 0.1) is 13.8 Å². The van der Waals surface area contributed by atoms with Crippen molar-refractivity contribution in [3.63, 3.8) is 0 Å². The molecule has 1 N–H and O–H groups in total. The summed E-state index contributed by atoms with van der Waals surface area (Å²) in [5.41, 5.74) is 2.73. The molecule has 21 heavy (non-hydrogen) atoms. The van der Waals surface area contributed by atoms with Crippen LogP contribution in [-0.2, 0) is 24.8 Å². The molecule has 0 unspecified atom stereocenters. The van der Waals surface area contributed by atoms with Gasteiger partial charge in [0.15, 0.2) is 0 Å². The molecule has 0 saturated heterocycles. The minimum absolute atomic E-state index is 0.0211. The second-order valence-corrected chi connectivity index (χ2v) is 4.97. The van der Waals surface area contributed by atoms with Crippen molar-refractivity contribution in [3.8, 4) is 0 Å². The Morgan fingerprint density at radius 2 is 2.10 bits per heavy atom. The summed E-state index contributed by atoms with van der Waals surface area (Å²) >= 11 is 0. The average molecular weight is 290 g/mol. The highest BCUT2D eigenvalue weighted by molar-refractivity contribution is 5.67. The maximum atomic E-state index is 12.1. The summed E-state index contributed by atoms with van der Waals surface area (Å²) in [5.74, 6) is -0.863. The van der Waals surface area contributed by atoms with Crippen LogP contribution in [0.1, 0.15) is 29.1 Å². The SMILES string of the molecule is Cc1nc(=O)n(Cc2ccnn2C)c(C)c1CCC(=O)O. The highest BCUT2D eigenvalue weighted by atomic mass is 16.4. The largest absolute Gasteiger partial charge is 0.481 e. The third kappa shape index (κ3) is 3.18. The van der Waals surface area contributed by atoms with E-state index in [9.17, 15) is 9.59 Å². The number of hydrogen-bond acceptors (Lipinski definition) is 4. The first kappa shape index (κ1) is 15.0. The fourth-order valence-corrected chi connectivity index (χ4v) is 2.34. The van der Waals surface area contributed by atoms with Crippen molar-refractivity contribution in [1.29, 1.82) is 0 Å². The maximum Gasteiger partial charge on any atom is 0.348 e. The minimum atomic E-state index is -0.863. The van der Waals surface area contributed by atoms with Crippen LogP contribution >= 0.6 is 0 Å². The number of aromatic nitrogens is 4. The Balaban J connectivity index is 2.41. The predicted molar refractivity (Wildman–Crippen MR) is 76.2 cm³/mol. The molecule has 0 radical (unpaired) electrons. The Hall–Kier alpha value is -2.44. The van der Waals surface area contributed by atoms with E-state index in [1.165, 1.54) is 0 Å². The van der Waals surface area contributed by atoms with Crippen LogP contribution in [-0.4, -0.2) is 30.4 Å². The van der Waals surface area contributed by atoms with Crippen LogP contribution in [0.5, 0.6) is 0 Å². The lowest BCUT2D eigenvalue weighted by atomic mass is 10.1. The van der Waals surface area contributed by atoms with Gasteiger partial charge >= 0.3 is 11.7 Å². The molecule has 0 spiro atoms. The van der Waals surface area contributed by atoms with E-state index < -0.39 is 5.97 Å². The zero-order valence-electron chi connectivity index (χ0n) is 12.3. The maximum absolute atomic E-state index is 12.1. The number of aliphatic carboxylic acids is 1. The van der Waals surface area contributed by atoms with Crippen LogP contribution in [0.15, 0.2) is 17.1 Å². The van der Waals surface area contributed by atoms with Crippen LogP contribution in [0.2, 0.25) is 0 Å².